The summed E-state index contributed by atoms with van der Waals surface area (Å²) in [6.07, 6.45) is 3.60. The first-order valence-corrected chi connectivity index (χ1v) is 6.35. The van der Waals surface area contributed by atoms with Crippen LogP contribution in [-0.4, -0.2) is 12.6 Å². The first-order valence-electron chi connectivity index (χ1n) is 6.35. The third-order valence-corrected chi connectivity index (χ3v) is 4.02. The molecule has 84 valence electrons. The summed E-state index contributed by atoms with van der Waals surface area (Å²) in [4.78, 5) is 0. The average molecular weight is 213 g/mol. The van der Waals surface area contributed by atoms with Crippen molar-refractivity contribution in [3.05, 3.63) is 40.5 Å². The van der Waals surface area contributed by atoms with Gasteiger partial charge in [0, 0.05) is 6.04 Å². The van der Waals surface area contributed by atoms with Gasteiger partial charge in [-0.15, -0.1) is 0 Å². The van der Waals surface area contributed by atoms with E-state index in [0.29, 0.717) is 6.04 Å². The molecule has 1 atom stereocenters. The Balaban J connectivity index is 2.11. The van der Waals surface area contributed by atoms with E-state index in [0.717, 1.165) is 6.54 Å². The number of hydrogen-bond acceptors (Lipinski definition) is 1. The van der Waals surface area contributed by atoms with E-state index in [4.69, 9.17) is 0 Å². The fourth-order valence-corrected chi connectivity index (χ4v) is 3.28. The number of fused-ring (bicyclic) bond motifs is 2. The monoisotopic (exact) mass is 213 g/mol. The molecule has 0 aromatic heterocycles. The van der Waals surface area contributed by atoms with Crippen molar-refractivity contribution in [1.82, 2.24) is 5.32 Å². The molecule has 0 saturated carbocycles. The van der Waals surface area contributed by atoms with Crippen molar-refractivity contribution in [2.75, 3.05) is 6.54 Å². The topological polar surface area (TPSA) is 12.0 Å². The normalized spacial score (nSPS) is 23.2. The second-order valence-corrected chi connectivity index (χ2v) is 4.95. The van der Waals surface area contributed by atoms with Crippen molar-refractivity contribution in [3.63, 3.8) is 0 Å². The Morgan fingerprint density at radius 1 is 1.38 bits per heavy atom. The molecule has 16 heavy (non-hydrogen) atoms. The maximum absolute atomic E-state index is 3.64. The van der Waals surface area contributed by atoms with Crippen LogP contribution in [0.1, 0.15) is 36.5 Å². The second kappa shape index (κ2) is 3.74. The Bertz CT molecular complexity index is 457. The number of benzene rings is 1. The Kier molecular flexibility index (Phi) is 2.36. The molecule has 2 aliphatic rings. The van der Waals surface area contributed by atoms with E-state index in [2.05, 4.69) is 37.4 Å². The highest BCUT2D eigenvalue weighted by Crippen LogP contribution is 2.40. The smallest absolute Gasteiger partial charge is 0.0286 e. The van der Waals surface area contributed by atoms with Crippen LogP contribution in [0.5, 0.6) is 0 Å². The lowest BCUT2D eigenvalue weighted by atomic mass is 9.92. The quantitative estimate of drug-likeness (QED) is 0.756. The molecule has 1 unspecified atom stereocenters. The van der Waals surface area contributed by atoms with Crippen molar-refractivity contribution < 1.29 is 0 Å². The summed E-state index contributed by atoms with van der Waals surface area (Å²) in [6, 6.07) is 7.36. The van der Waals surface area contributed by atoms with Gasteiger partial charge >= 0.3 is 0 Å². The molecule has 1 aliphatic carbocycles. The summed E-state index contributed by atoms with van der Waals surface area (Å²) < 4.78 is 0. The molecule has 1 N–H and O–H groups in total. The zero-order valence-electron chi connectivity index (χ0n) is 10.1. The lowest BCUT2D eigenvalue weighted by Gasteiger charge is -2.25. The highest BCUT2D eigenvalue weighted by Gasteiger charge is 2.29. The minimum Gasteiger partial charge on any atom is -0.310 e. The number of nitrogens with one attached hydrogen (secondary N) is 1. The molecule has 1 aliphatic heterocycles. The standard InChI is InChI=1S/C15H19N/c1-3-14-13-9-11-6-4-5-10(2)15(11)12(13)7-8-16-14/h4-6,14,16H,3,7-9H2,1-2H3. The third kappa shape index (κ3) is 1.35. The molecule has 1 nitrogen and oxygen atoms in total. The molecule has 0 amide bonds. The first kappa shape index (κ1) is 10.1. The molecule has 0 fully saturated rings. The van der Waals surface area contributed by atoms with Crippen LogP contribution in [-0.2, 0) is 6.42 Å². The largest absolute Gasteiger partial charge is 0.310 e. The van der Waals surface area contributed by atoms with Crippen LogP contribution < -0.4 is 5.32 Å². The molecule has 0 bridgehead atoms. The van der Waals surface area contributed by atoms with Gasteiger partial charge in [0.15, 0.2) is 0 Å². The van der Waals surface area contributed by atoms with Crippen LogP contribution in [0.15, 0.2) is 23.8 Å². The predicted molar refractivity (Wildman–Crippen MR) is 68.5 cm³/mol. The summed E-state index contributed by atoms with van der Waals surface area (Å²) in [5.74, 6) is 0. The van der Waals surface area contributed by atoms with Gasteiger partial charge in [0.25, 0.3) is 0 Å². The molecule has 0 saturated heterocycles. The van der Waals surface area contributed by atoms with Crippen LogP contribution in [0, 0.1) is 6.92 Å². The van der Waals surface area contributed by atoms with E-state index < -0.39 is 0 Å². The van der Waals surface area contributed by atoms with Crippen molar-refractivity contribution in [2.24, 2.45) is 0 Å². The van der Waals surface area contributed by atoms with Gasteiger partial charge < -0.3 is 5.32 Å². The summed E-state index contributed by atoms with van der Waals surface area (Å²) in [5.41, 5.74) is 7.89. The maximum Gasteiger partial charge on any atom is 0.0286 e. The zero-order chi connectivity index (χ0) is 11.1. The lowest BCUT2D eigenvalue weighted by molar-refractivity contribution is 0.538. The van der Waals surface area contributed by atoms with Gasteiger partial charge in [-0.3, -0.25) is 0 Å². The summed E-state index contributed by atoms with van der Waals surface area (Å²) in [6.45, 7) is 5.67. The minimum atomic E-state index is 0.621. The second-order valence-electron chi connectivity index (χ2n) is 4.95. The molecule has 1 heteroatoms. The lowest BCUT2D eigenvalue weighted by Crippen LogP contribution is -2.35. The average Bonchev–Trinajstić information content (AvgIpc) is 2.68. The molecule has 1 aromatic carbocycles. The maximum atomic E-state index is 3.64. The van der Waals surface area contributed by atoms with E-state index >= 15 is 0 Å². The van der Waals surface area contributed by atoms with E-state index in [1.165, 1.54) is 24.8 Å². The van der Waals surface area contributed by atoms with E-state index in [-0.39, 0.29) is 0 Å². The van der Waals surface area contributed by atoms with Crippen LogP contribution >= 0.6 is 0 Å². The van der Waals surface area contributed by atoms with Crippen molar-refractivity contribution in [3.8, 4) is 0 Å². The highest BCUT2D eigenvalue weighted by molar-refractivity contribution is 5.80. The number of hydrogen-bond donors (Lipinski definition) is 1. The molecule has 1 heterocycles. The molecule has 1 aromatic rings. The predicted octanol–water partition coefficient (Wildman–Crippen LogP) is 3.08. The minimum absolute atomic E-state index is 0.621. The molecular formula is C15H19N. The first-order chi connectivity index (χ1) is 7.81. The van der Waals surface area contributed by atoms with E-state index in [1.807, 2.05) is 0 Å². The molecule has 0 radical (unpaired) electrons. The van der Waals surface area contributed by atoms with Crippen molar-refractivity contribution in [1.29, 1.82) is 0 Å². The van der Waals surface area contributed by atoms with Gasteiger partial charge in [-0.25, -0.2) is 0 Å². The van der Waals surface area contributed by atoms with Gasteiger partial charge in [-0.1, -0.05) is 25.1 Å². The van der Waals surface area contributed by atoms with Gasteiger partial charge in [-0.05, 0) is 60.6 Å². The van der Waals surface area contributed by atoms with E-state index in [9.17, 15) is 0 Å². The Hall–Kier alpha value is -1.08. The van der Waals surface area contributed by atoms with Crippen LogP contribution in [0.4, 0.5) is 0 Å². The van der Waals surface area contributed by atoms with Crippen LogP contribution in [0.2, 0.25) is 0 Å². The fraction of sp³-hybridized carbons (Fsp3) is 0.467. The van der Waals surface area contributed by atoms with Gasteiger partial charge in [0.05, 0.1) is 0 Å². The molecule has 3 rings (SSSR count). The highest BCUT2D eigenvalue weighted by atomic mass is 14.9. The Labute approximate surface area is 97.6 Å². The van der Waals surface area contributed by atoms with Crippen molar-refractivity contribution >= 4 is 5.57 Å². The Morgan fingerprint density at radius 3 is 3.06 bits per heavy atom. The van der Waals surface area contributed by atoms with Crippen molar-refractivity contribution in [2.45, 2.75) is 39.2 Å². The summed E-state index contributed by atoms with van der Waals surface area (Å²) >= 11 is 0. The Morgan fingerprint density at radius 2 is 2.25 bits per heavy atom. The van der Waals surface area contributed by atoms with Crippen LogP contribution in [0.25, 0.3) is 5.57 Å². The van der Waals surface area contributed by atoms with Gasteiger partial charge in [0.1, 0.15) is 0 Å². The van der Waals surface area contributed by atoms with E-state index in [1.54, 1.807) is 22.3 Å². The van der Waals surface area contributed by atoms with Gasteiger partial charge in [0.2, 0.25) is 0 Å². The van der Waals surface area contributed by atoms with Gasteiger partial charge in [-0.2, -0.15) is 0 Å². The molecular weight excluding hydrogens is 194 g/mol. The fourth-order valence-electron chi connectivity index (χ4n) is 3.28. The molecule has 0 spiro atoms. The number of rotatable bonds is 1. The van der Waals surface area contributed by atoms with Crippen LogP contribution in [0.3, 0.4) is 0 Å². The SMILES string of the molecule is CCC1NCCC2=C1Cc1cccc(C)c12. The zero-order valence-corrected chi connectivity index (χ0v) is 10.1. The summed E-state index contributed by atoms with van der Waals surface area (Å²) in [5, 5.41) is 3.64. The summed E-state index contributed by atoms with van der Waals surface area (Å²) in [7, 11) is 0. The number of aryl methyl sites for hydroxylation is 1. The third-order valence-electron chi connectivity index (χ3n) is 4.02.